The van der Waals surface area contributed by atoms with Gasteiger partial charge in [-0.1, -0.05) is 6.07 Å². The van der Waals surface area contributed by atoms with E-state index in [1.807, 2.05) is 20.9 Å². The highest BCUT2D eigenvalue weighted by molar-refractivity contribution is 5.30. The van der Waals surface area contributed by atoms with Crippen molar-refractivity contribution in [2.75, 3.05) is 0 Å². The van der Waals surface area contributed by atoms with Crippen LogP contribution in [0.15, 0.2) is 18.2 Å². The molecule has 2 rings (SSSR count). The van der Waals surface area contributed by atoms with Gasteiger partial charge in [-0.3, -0.25) is 4.68 Å². The first-order valence-corrected chi connectivity index (χ1v) is 6.09. The third kappa shape index (κ3) is 2.66. The highest BCUT2D eigenvalue weighted by atomic mass is 19.2. The Morgan fingerprint density at radius 1 is 1.26 bits per heavy atom. The van der Waals surface area contributed by atoms with E-state index >= 15 is 0 Å². The molecule has 1 unspecified atom stereocenters. The predicted octanol–water partition coefficient (Wildman–Crippen LogP) is 2.56. The molecule has 2 aromatic rings. The lowest BCUT2D eigenvalue weighted by molar-refractivity contribution is 0.506. The van der Waals surface area contributed by atoms with Gasteiger partial charge in [-0.05, 0) is 38.0 Å². The normalized spacial score (nSPS) is 12.7. The van der Waals surface area contributed by atoms with Gasteiger partial charge in [0.2, 0.25) is 0 Å². The van der Waals surface area contributed by atoms with Crippen LogP contribution in [0.5, 0.6) is 0 Å². The van der Waals surface area contributed by atoms with Crippen molar-refractivity contribution < 1.29 is 8.78 Å². The molecule has 1 heterocycles. The molecule has 0 aliphatic heterocycles. The van der Waals surface area contributed by atoms with Gasteiger partial charge >= 0.3 is 0 Å². The van der Waals surface area contributed by atoms with Crippen LogP contribution in [0.2, 0.25) is 0 Å². The summed E-state index contributed by atoms with van der Waals surface area (Å²) in [7, 11) is 1.86. The lowest BCUT2D eigenvalue weighted by Crippen LogP contribution is -2.15. The summed E-state index contributed by atoms with van der Waals surface area (Å²) >= 11 is 0. The molecule has 0 aliphatic rings. The van der Waals surface area contributed by atoms with Gasteiger partial charge in [0, 0.05) is 24.3 Å². The Morgan fingerprint density at radius 3 is 2.47 bits per heavy atom. The van der Waals surface area contributed by atoms with E-state index in [1.165, 1.54) is 6.07 Å². The zero-order valence-corrected chi connectivity index (χ0v) is 11.2. The van der Waals surface area contributed by atoms with Crippen molar-refractivity contribution in [2.45, 2.75) is 26.3 Å². The number of benzene rings is 1. The van der Waals surface area contributed by atoms with E-state index in [4.69, 9.17) is 5.73 Å². The van der Waals surface area contributed by atoms with Crippen molar-refractivity contribution in [3.8, 4) is 0 Å². The van der Waals surface area contributed by atoms with E-state index in [0.29, 0.717) is 12.0 Å². The first-order valence-electron chi connectivity index (χ1n) is 6.09. The number of hydrogen-bond donors (Lipinski definition) is 1. The fraction of sp³-hybridized carbons (Fsp3) is 0.357. The molecule has 0 amide bonds. The van der Waals surface area contributed by atoms with Gasteiger partial charge in [0.05, 0.1) is 5.69 Å². The maximum absolute atomic E-state index is 13.2. The van der Waals surface area contributed by atoms with Crippen molar-refractivity contribution in [2.24, 2.45) is 12.8 Å². The number of aryl methyl sites for hydroxylation is 2. The maximum Gasteiger partial charge on any atom is 0.159 e. The highest BCUT2D eigenvalue weighted by Crippen LogP contribution is 2.23. The quantitative estimate of drug-likeness (QED) is 0.927. The third-order valence-electron chi connectivity index (χ3n) is 3.38. The number of rotatable bonds is 3. The van der Waals surface area contributed by atoms with Crippen molar-refractivity contribution in [1.29, 1.82) is 0 Å². The lowest BCUT2D eigenvalue weighted by atomic mass is 9.98. The standard InChI is InChI=1S/C14H17F2N3/c1-8-14(9(2)19(3)18-8)13(17)7-10-4-5-11(15)12(16)6-10/h4-6,13H,7,17H2,1-3H3. The van der Waals surface area contributed by atoms with E-state index in [9.17, 15) is 8.78 Å². The summed E-state index contributed by atoms with van der Waals surface area (Å²) in [5.74, 6) is -1.68. The first-order chi connectivity index (χ1) is 8.90. The number of aromatic nitrogens is 2. The molecule has 0 saturated heterocycles. The Labute approximate surface area is 111 Å². The highest BCUT2D eigenvalue weighted by Gasteiger charge is 2.17. The summed E-state index contributed by atoms with van der Waals surface area (Å²) in [5, 5.41) is 4.31. The molecule has 0 saturated carbocycles. The summed E-state index contributed by atoms with van der Waals surface area (Å²) in [6, 6.07) is 3.59. The van der Waals surface area contributed by atoms with Crippen LogP contribution >= 0.6 is 0 Å². The van der Waals surface area contributed by atoms with Crippen molar-refractivity contribution in [3.63, 3.8) is 0 Å². The number of nitrogens with zero attached hydrogens (tertiary/aromatic N) is 2. The van der Waals surface area contributed by atoms with Crippen LogP contribution in [0.25, 0.3) is 0 Å². The minimum absolute atomic E-state index is 0.279. The topological polar surface area (TPSA) is 43.8 Å². The first kappa shape index (κ1) is 13.7. The molecule has 1 atom stereocenters. The summed E-state index contributed by atoms with van der Waals surface area (Å²) in [4.78, 5) is 0. The van der Waals surface area contributed by atoms with E-state index in [1.54, 1.807) is 10.7 Å². The number of nitrogens with two attached hydrogens (primary N) is 1. The van der Waals surface area contributed by atoms with E-state index in [2.05, 4.69) is 5.10 Å². The summed E-state index contributed by atoms with van der Waals surface area (Å²) in [5.41, 5.74) is 9.66. The van der Waals surface area contributed by atoms with Crippen LogP contribution in [0, 0.1) is 25.5 Å². The molecule has 0 radical (unpaired) electrons. The minimum Gasteiger partial charge on any atom is -0.324 e. The minimum atomic E-state index is -0.843. The van der Waals surface area contributed by atoms with Crippen LogP contribution in [0.1, 0.15) is 28.6 Å². The van der Waals surface area contributed by atoms with Crippen LogP contribution < -0.4 is 5.73 Å². The number of halogens is 2. The zero-order chi connectivity index (χ0) is 14.2. The predicted molar refractivity (Wildman–Crippen MR) is 69.7 cm³/mol. The molecule has 0 aliphatic carbocycles. The second kappa shape index (κ2) is 5.09. The average molecular weight is 265 g/mol. The Morgan fingerprint density at radius 2 is 1.95 bits per heavy atom. The Kier molecular flexibility index (Phi) is 3.66. The Balaban J connectivity index is 2.25. The molecule has 0 fully saturated rings. The van der Waals surface area contributed by atoms with Crippen LogP contribution in [0.3, 0.4) is 0 Å². The molecule has 0 bridgehead atoms. The molecular formula is C14H17F2N3. The monoisotopic (exact) mass is 265 g/mol. The van der Waals surface area contributed by atoms with Crippen LogP contribution in [0.4, 0.5) is 8.78 Å². The molecule has 1 aromatic carbocycles. The van der Waals surface area contributed by atoms with E-state index < -0.39 is 11.6 Å². The second-order valence-electron chi connectivity index (χ2n) is 4.77. The van der Waals surface area contributed by atoms with Gasteiger partial charge in [0.15, 0.2) is 11.6 Å². The molecule has 102 valence electrons. The average Bonchev–Trinajstić information content (AvgIpc) is 2.58. The van der Waals surface area contributed by atoms with Gasteiger partial charge in [-0.15, -0.1) is 0 Å². The lowest BCUT2D eigenvalue weighted by Gasteiger charge is -2.13. The SMILES string of the molecule is Cc1nn(C)c(C)c1C(N)Cc1ccc(F)c(F)c1. The number of hydrogen-bond acceptors (Lipinski definition) is 2. The Bertz CT molecular complexity index is 605. The summed E-state index contributed by atoms with van der Waals surface area (Å²) < 4.78 is 27.8. The summed E-state index contributed by atoms with van der Waals surface area (Å²) in [6.07, 6.45) is 0.449. The maximum atomic E-state index is 13.2. The summed E-state index contributed by atoms with van der Waals surface area (Å²) in [6.45, 7) is 3.84. The smallest absolute Gasteiger partial charge is 0.159 e. The molecule has 5 heteroatoms. The van der Waals surface area contributed by atoms with Crippen molar-refractivity contribution in [3.05, 3.63) is 52.3 Å². The van der Waals surface area contributed by atoms with Crippen molar-refractivity contribution in [1.82, 2.24) is 9.78 Å². The van der Waals surface area contributed by atoms with Crippen LogP contribution in [-0.4, -0.2) is 9.78 Å². The van der Waals surface area contributed by atoms with Crippen molar-refractivity contribution >= 4 is 0 Å². The van der Waals surface area contributed by atoms with Gasteiger partial charge in [0.25, 0.3) is 0 Å². The third-order valence-corrected chi connectivity index (χ3v) is 3.38. The molecule has 3 nitrogen and oxygen atoms in total. The van der Waals surface area contributed by atoms with Gasteiger partial charge in [-0.25, -0.2) is 8.78 Å². The van der Waals surface area contributed by atoms with Gasteiger partial charge in [-0.2, -0.15) is 5.10 Å². The van der Waals surface area contributed by atoms with E-state index in [0.717, 1.165) is 23.0 Å². The molecule has 1 aromatic heterocycles. The molecule has 0 spiro atoms. The Hall–Kier alpha value is -1.75. The fourth-order valence-corrected chi connectivity index (χ4v) is 2.35. The second-order valence-corrected chi connectivity index (χ2v) is 4.77. The van der Waals surface area contributed by atoms with E-state index in [-0.39, 0.29) is 6.04 Å². The largest absolute Gasteiger partial charge is 0.324 e. The molecule has 19 heavy (non-hydrogen) atoms. The van der Waals surface area contributed by atoms with Gasteiger partial charge in [0.1, 0.15) is 0 Å². The zero-order valence-electron chi connectivity index (χ0n) is 11.2. The fourth-order valence-electron chi connectivity index (χ4n) is 2.35. The van der Waals surface area contributed by atoms with Crippen LogP contribution in [-0.2, 0) is 13.5 Å². The molecular weight excluding hydrogens is 248 g/mol. The molecule has 2 N–H and O–H groups in total. The van der Waals surface area contributed by atoms with Gasteiger partial charge < -0.3 is 5.73 Å².